The zero-order valence-corrected chi connectivity index (χ0v) is 22.9. The summed E-state index contributed by atoms with van der Waals surface area (Å²) >= 11 is 0. The van der Waals surface area contributed by atoms with Crippen LogP contribution >= 0.6 is 7.26 Å². The summed E-state index contributed by atoms with van der Waals surface area (Å²) in [5.41, 5.74) is 0. The van der Waals surface area contributed by atoms with Gasteiger partial charge in [-0.2, -0.15) is 0 Å². The van der Waals surface area contributed by atoms with E-state index in [1.165, 1.54) is 54.2 Å². The van der Waals surface area contributed by atoms with Crippen LogP contribution in [0.4, 0.5) is 0 Å². The van der Waals surface area contributed by atoms with Gasteiger partial charge >= 0.3 is 0 Å². The maximum absolute atomic E-state index is 5.89. The molecular formula is C30H38BrO2P. The Labute approximate surface area is 217 Å². The Kier molecular flexibility index (Phi) is 10.8. The molecule has 182 valence electrons. The standard InChI is InChI=1S/C30H38O2P.BrH/c1-2-30(31-24-25-32-30)23-15-4-3-5-16-26-33(27-17-9-6-10-18-27,28-19-11-7-12-20-28)29-21-13-8-14-22-29;/h6-14,17-22H,2-5,15-16,23-26H2,1H3;1H/q+1;/p-1. The first-order valence-electron chi connectivity index (χ1n) is 12.6. The summed E-state index contributed by atoms with van der Waals surface area (Å²) in [6.07, 6.45) is 9.43. The van der Waals surface area contributed by atoms with E-state index in [1.54, 1.807) is 0 Å². The van der Waals surface area contributed by atoms with Crippen LogP contribution in [0.3, 0.4) is 0 Å². The van der Waals surface area contributed by atoms with Gasteiger partial charge in [-0.3, -0.25) is 0 Å². The van der Waals surface area contributed by atoms with E-state index in [4.69, 9.17) is 9.47 Å². The maximum atomic E-state index is 5.89. The van der Waals surface area contributed by atoms with E-state index in [9.17, 15) is 0 Å². The molecule has 1 aliphatic rings. The van der Waals surface area contributed by atoms with Gasteiger partial charge in [-0.15, -0.1) is 0 Å². The van der Waals surface area contributed by atoms with E-state index in [0.717, 1.165) is 26.1 Å². The average molecular weight is 542 g/mol. The molecule has 3 aromatic carbocycles. The lowest BCUT2D eigenvalue weighted by atomic mass is 10.0. The molecule has 0 spiro atoms. The number of halogens is 1. The Morgan fingerprint density at radius 3 is 1.47 bits per heavy atom. The second kappa shape index (κ2) is 13.5. The number of unbranched alkanes of at least 4 members (excludes halogenated alkanes) is 4. The van der Waals surface area contributed by atoms with Crippen LogP contribution in [0.25, 0.3) is 0 Å². The van der Waals surface area contributed by atoms with Gasteiger partial charge in [0.1, 0.15) is 23.2 Å². The molecule has 1 saturated heterocycles. The minimum atomic E-state index is -1.68. The highest BCUT2D eigenvalue weighted by molar-refractivity contribution is 7.95. The largest absolute Gasteiger partial charge is 1.00 e. The van der Waals surface area contributed by atoms with Crippen molar-refractivity contribution in [2.24, 2.45) is 0 Å². The van der Waals surface area contributed by atoms with Crippen molar-refractivity contribution in [1.82, 2.24) is 0 Å². The van der Waals surface area contributed by atoms with Crippen LogP contribution in [-0.4, -0.2) is 25.2 Å². The molecule has 0 N–H and O–H groups in total. The molecule has 0 aliphatic carbocycles. The molecule has 0 aromatic heterocycles. The maximum Gasteiger partial charge on any atom is 0.168 e. The van der Waals surface area contributed by atoms with Crippen molar-refractivity contribution in [3.8, 4) is 0 Å². The summed E-state index contributed by atoms with van der Waals surface area (Å²) in [5.74, 6) is -0.297. The topological polar surface area (TPSA) is 18.5 Å². The number of hydrogen-bond acceptors (Lipinski definition) is 2. The smallest absolute Gasteiger partial charge is 0.168 e. The predicted octanol–water partition coefficient (Wildman–Crippen LogP) is 3.48. The lowest BCUT2D eigenvalue weighted by Crippen LogP contribution is -3.00. The van der Waals surface area contributed by atoms with Gasteiger partial charge < -0.3 is 26.5 Å². The van der Waals surface area contributed by atoms with Crippen molar-refractivity contribution in [2.45, 2.75) is 57.7 Å². The first kappa shape index (κ1) is 27.1. The summed E-state index contributed by atoms with van der Waals surface area (Å²) in [6, 6.07) is 33.7. The van der Waals surface area contributed by atoms with Crippen molar-refractivity contribution in [3.05, 3.63) is 91.0 Å². The first-order valence-corrected chi connectivity index (χ1v) is 14.6. The van der Waals surface area contributed by atoms with Gasteiger partial charge in [0, 0.05) is 6.42 Å². The molecule has 4 rings (SSSR count). The average Bonchev–Trinajstić information content (AvgIpc) is 3.37. The van der Waals surface area contributed by atoms with Crippen LogP contribution in [-0.2, 0) is 9.47 Å². The van der Waals surface area contributed by atoms with E-state index < -0.39 is 7.26 Å². The van der Waals surface area contributed by atoms with E-state index in [1.807, 2.05) is 0 Å². The highest BCUT2D eigenvalue weighted by Crippen LogP contribution is 2.56. The van der Waals surface area contributed by atoms with Crippen LogP contribution in [0, 0.1) is 0 Å². The Morgan fingerprint density at radius 2 is 1.03 bits per heavy atom. The van der Waals surface area contributed by atoms with Gasteiger partial charge in [-0.25, -0.2) is 0 Å². The lowest BCUT2D eigenvalue weighted by molar-refractivity contribution is -0.164. The van der Waals surface area contributed by atoms with E-state index in [0.29, 0.717) is 0 Å². The van der Waals surface area contributed by atoms with Crippen LogP contribution in [0.1, 0.15) is 51.9 Å². The van der Waals surface area contributed by atoms with Gasteiger partial charge in [0.15, 0.2) is 5.79 Å². The number of rotatable bonds is 12. The molecular weight excluding hydrogens is 503 g/mol. The van der Waals surface area contributed by atoms with Crippen LogP contribution in [0.5, 0.6) is 0 Å². The van der Waals surface area contributed by atoms with Gasteiger partial charge in [-0.05, 0) is 62.1 Å². The van der Waals surface area contributed by atoms with Crippen molar-refractivity contribution in [3.63, 3.8) is 0 Å². The Hall–Kier alpha value is -1.51. The molecule has 0 radical (unpaired) electrons. The van der Waals surface area contributed by atoms with Crippen LogP contribution in [0.15, 0.2) is 91.0 Å². The monoisotopic (exact) mass is 540 g/mol. The van der Waals surface area contributed by atoms with Crippen molar-refractivity contribution < 1.29 is 26.5 Å². The summed E-state index contributed by atoms with van der Waals surface area (Å²) in [4.78, 5) is 0. The van der Waals surface area contributed by atoms with E-state index >= 15 is 0 Å². The van der Waals surface area contributed by atoms with Gasteiger partial charge in [0.2, 0.25) is 0 Å². The SMILES string of the molecule is CCC1(CCCCCCC[P+](c2ccccc2)(c2ccccc2)c2ccccc2)OCCO1.[Br-]. The number of hydrogen-bond donors (Lipinski definition) is 0. The zero-order valence-electron chi connectivity index (χ0n) is 20.4. The van der Waals surface area contributed by atoms with Crippen molar-refractivity contribution >= 4 is 23.2 Å². The molecule has 0 bridgehead atoms. The molecule has 2 nitrogen and oxygen atoms in total. The normalized spacial score (nSPS) is 15.1. The molecule has 0 unspecified atom stereocenters. The fourth-order valence-electron chi connectivity index (χ4n) is 5.18. The Balaban J connectivity index is 0.00000324. The minimum absolute atomic E-state index is 0. The van der Waals surface area contributed by atoms with E-state index in [-0.39, 0.29) is 22.8 Å². The van der Waals surface area contributed by atoms with Crippen LogP contribution in [0.2, 0.25) is 0 Å². The summed E-state index contributed by atoms with van der Waals surface area (Å²) in [7, 11) is -1.68. The number of ether oxygens (including phenoxy) is 2. The Morgan fingerprint density at radius 1 is 0.618 bits per heavy atom. The molecule has 1 heterocycles. The summed E-state index contributed by atoms with van der Waals surface area (Å²) in [5, 5.41) is 4.47. The molecule has 34 heavy (non-hydrogen) atoms. The third kappa shape index (κ3) is 6.38. The molecule has 3 aromatic rings. The third-order valence-electron chi connectivity index (χ3n) is 6.99. The molecule has 0 saturated carbocycles. The predicted molar refractivity (Wildman–Crippen MR) is 143 cm³/mol. The minimum Gasteiger partial charge on any atom is -1.00 e. The van der Waals surface area contributed by atoms with Gasteiger partial charge in [0.25, 0.3) is 0 Å². The Bertz CT molecular complexity index is 847. The zero-order chi connectivity index (χ0) is 22.8. The molecule has 4 heteroatoms. The summed E-state index contributed by atoms with van der Waals surface area (Å²) < 4.78 is 11.8. The molecule has 0 atom stereocenters. The summed E-state index contributed by atoms with van der Waals surface area (Å²) in [6.45, 7) is 3.67. The van der Waals surface area contributed by atoms with Crippen molar-refractivity contribution in [1.29, 1.82) is 0 Å². The molecule has 1 fully saturated rings. The lowest BCUT2D eigenvalue weighted by Gasteiger charge is -2.28. The van der Waals surface area contributed by atoms with Crippen molar-refractivity contribution in [2.75, 3.05) is 19.4 Å². The number of benzene rings is 3. The highest BCUT2D eigenvalue weighted by atomic mass is 79.9. The third-order valence-corrected chi connectivity index (χ3v) is 11.5. The quantitative estimate of drug-likeness (QED) is 0.258. The highest BCUT2D eigenvalue weighted by Gasteiger charge is 2.44. The molecule has 0 amide bonds. The second-order valence-electron chi connectivity index (χ2n) is 9.02. The van der Waals surface area contributed by atoms with Gasteiger partial charge in [-0.1, -0.05) is 74.4 Å². The van der Waals surface area contributed by atoms with E-state index in [2.05, 4.69) is 97.9 Å². The fraction of sp³-hybridized carbons (Fsp3) is 0.400. The van der Waals surface area contributed by atoms with Crippen LogP contribution < -0.4 is 32.9 Å². The molecule has 1 aliphatic heterocycles. The first-order chi connectivity index (χ1) is 16.3. The second-order valence-corrected chi connectivity index (χ2v) is 12.6. The van der Waals surface area contributed by atoms with Gasteiger partial charge in [0.05, 0.1) is 19.4 Å². The fourth-order valence-corrected chi connectivity index (χ4v) is 9.59.